The van der Waals surface area contributed by atoms with Crippen molar-refractivity contribution in [3.63, 3.8) is 0 Å². The van der Waals surface area contributed by atoms with E-state index in [4.69, 9.17) is 5.73 Å². The second kappa shape index (κ2) is 8.05. The second-order valence-electron chi connectivity index (χ2n) is 5.12. The van der Waals surface area contributed by atoms with Crippen LogP contribution in [0.25, 0.3) is 10.8 Å². The van der Waals surface area contributed by atoms with E-state index in [1.54, 1.807) is 0 Å². The van der Waals surface area contributed by atoms with Crippen molar-refractivity contribution >= 4 is 28.4 Å². The minimum atomic E-state index is -0.104. The summed E-state index contributed by atoms with van der Waals surface area (Å²) in [7, 11) is 0. The van der Waals surface area contributed by atoms with Crippen LogP contribution in [0, 0.1) is 5.92 Å². The number of fused-ring (bicyclic) bond motifs is 1. The number of hydrogen-bond donors (Lipinski definition) is 2. The highest BCUT2D eigenvalue weighted by atomic mass is 32.2. The molecule has 2 aromatic carbocycles. The Balaban J connectivity index is 1.79. The molecule has 0 aliphatic rings. The molecule has 4 heteroatoms. The zero-order chi connectivity index (χ0) is 15.1. The van der Waals surface area contributed by atoms with Gasteiger partial charge in [0.2, 0.25) is 5.91 Å². The van der Waals surface area contributed by atoms with Gasteiger partial charge in [-0.2, -0.15) is 11.8 Å². The molecule has 0 bridgehead atoms. The quantitative estimate of drug-likeness (QED) is 0.773. The Bertz CT molecular complexity index is 595. The fourth-order valence-electron chi connectivity index (χ4n) is 2.13. The molecule has 0 aliphatic heterocycles. The van der Waals surface area contributed by atoms with Crippen molar-refractivity contribution in [1.29, 1.82) is 0 Å². The Labute approximate surface area is 130 Å². The zero-order valence-electron chi connectivity index (χ0n) is 12.3. The van der Waals surface area contributed by atoms with Gasteiger partial charge < -0.3 is 11.1 Å². The predicted molar refractivity (Wildman–Crippen MR) is 91.3 cm³/mol. The summed E-state index contributed by atoms with van der Waals surface area (Å²) >= 11 is 1.84. The maximum atomic E-state index is 11.6. The molecule has 0 spiro atoms. The maximum Gasteiger partial charge on any atom is 0.224 e. The van der Waals surface area contributed by atoms with Crippen molar-refractivity contribution in [2.75, 3.05) is 18.8 Å². The molecule has 0 fully saturated rings. The average molecular weight is 302 g/mol. The molecule has 0 saturated carbocycles. The molecule has 1 atom stereocenters. The normalized spacial score (nSPS) is 12.3. The first-order valence-electron chi connectivity index (χ1n) is 7.24. The lowest BCUT2D eigenvalue weighted by atomic mass is 10.1. The largest absolute Gasteiger partial charge is 0.355 e. The van der Waals surface area contributed by atoms with Gasteiger partial charge in [0, 0.05) is 30.5 Å². The summed E-state index contributed by atoms with van der Waals surface area (Å²) in [6.07, 6.45) is 0. The van der Waals surface area contributed by atoms with Crippen molar-refractivity contribution < 1.29 is 4.79 Å². The number of rotatable bonds is 7. The van der Waals surface area contributed by atoms with Crippen LogP contribution in [0.3, 0.4) is 0 Å². The number of hydrogen-bond acceptors (Lipinski definition) is 3. The third kappa shape index (κ3) is 4.48. The van der Waals surface area contributed by atoms with Gasteiger partial charge in [0.05, 0.1) is 0 Å². The van der Waals surface area contributed by atoms with Crippen molar-refractivity contribution in [2.24, 2.45) is 11.7 Å². The molecule has 21 heavy (non-hydrogen) atoms. The van der Waals surface area contributed by atoms with Gasteiger partial charge in [0.15, 0.2) is 0 Å². The number of nitrogens with one attached hydrogen (secondary N) is 1. The molecule has 2 aromatic rings. The highest BCUT2D eigenvalue weighted by molar-refractivity contribution is 7.98. The SMILES string of the molecule is CC(CN)C(=O)NCCSCc1cccc2ccccc12. The molecular weight excluding hydrogens is 280 g/mol. The van der Waals surface area contributed by atoms with E-state index in [2.05, 4.69) is 47.8 Å². The van der Waals surface area contributed by atoms with E-state index < -0.39 is 0 Å². The summed E-state index contributed by atoms with van der Waals surface area (Å²) in [5, 5.41) is 5.51. The fourth-order valence-corrected chi connectivity index (χ4v) is 2.99. The third-order valence-electron chi connectivity index (χ3n) is 3.48. The van der Waals surface area contributed by atoms with Crippen LogP contribution in [0.2, 0.25) is 0 Å². The van der Waals surface area contributed by atoms with Crippen LogP contribution in [0.5, 0.6) is 0 Å². The van der Waals surface area contributed by atoms with Crippen LogP contribution in [-0.2, 0) is 10.5 Å². The Morgan fingerprint density at radius 1 is 1.24 bits per heavy atom. The van der Waals surface area contributed by atoms with Crippen molar-refractivity contribution in [3.05, 3.63) is 48.0 Å². The van der Waals surface area contributed by atoms with Crippen LogP contribution >= 0.6 is 11.8 Å². The van der Waals surface area contributed by atoms with E-state index in [0.29, 0.717) is 13.1 Å². The van der Waals surface area contributed by atoms with E-state index in [1.807, 2.05) is 18.7 Å². The lowest BCUT2D eigenvalue weighted by Crippen LogP contribution is -2.34. The molecule has 0 aliphatic carbocycles. The van der Waals surface area contributed by atoms with Crippen LogP contribution < -0.4 is 11.1 Å². The van der Waals surface area contributed by atoms with Gasteiger partial charge in [0.1, 0.15) is 0 Å². The molecule has 3 nitrogen and oxygen atoms in total. The molecule has 1 amide bonds. The van der Waals surface area contributed by atoms with E-state index in [1.165, 1.54) is 16.3 Å². The van der Waals surface area contributed by atoms with Gasteiger partial charge in [-0.1, -0.05) is 49.4 Å². The molecule has 2 rings (SSSR count). The van der Waals surface area contributed by atoms with Gasteiger partial charge in [0.25, 0.3) is 0 Å². The van der Waals surface area contributed by atoms with Crippen molar-refractivity contribution in [2.45, 2.75) is 12.7 Å². The highest BCUT2D eigenvalue weighted by Gasteiger charge is 2.09. The molecule has 0 saturated heterocycles. The van der Waals surface area contributed by atoms with Gasteiger partial charge in [-0.05, 0) is 16.3 Å². The number of benzene rings is 2. The Kier molecular flexibility index (Phi) is 6.08. The third-order valence-corrected chi connectivity index (χ3v) is 4.49. The van der Waals surface area contributed by atoms with Crippen LogP contribution in [0.4, 0.5) is 0 Å². The summed E-state index contributed by atoms with van der Waals surface area (Å²) in [4.78, 5) is 11.6. The highest BCUT2D eigenvalue weighted by Crippen LogP contribution is 2.22. The number of carbonyl (C=O) groups is 1. The average Bonchev–Trinajstić information content (AvgIpc) is 2.53. The van der Waals surface area contributed by atoms with Gasteiger partial charge in [-0.25, -0.2) is 0 Å². The molecule has 0 heterocycles. The van der Waals surface area contributed by atoms with Crippen molar-refractivity contribution in [1.82, 2.24) is 5.32 Å². The fraction of sp³-hybridized carbons (Fsp3) is 0.353. The van der Waals surface area contributed by atoms with E-state index in [0.717, 1.165) is 11.5 Å². The monoisotopic (exact) mass is 302 g/mol. The Morgan fingerprint density at radius 2 is 2.00 bits per heavy atom. The lowest BCUT2D eigenvalue weighted by molar-refractivity contribution is -0.124. The van der Waals surface area contributed by atoms with Crippen LogP contribution in [0.1, 0.15) is 12.5 Å². The second-order valence-corrected chi connectivity index (χ2v) is 6.22. The predicted octanol–water partition coefficient (Wildman–Crippen LogP) is 2.78. The van der Waals surface area contributed by atoms with E-state index >= 15 is 0 Å². The summed E-state index contributed by atoms with van der Waals surface area (Å²) < 4.78 is 0. The first-order valence-corrected chi connectivity index (χ1v) is 8.40. The minimum absolute atomic E-state index is 0.0447. The number of thioether (sulfide) groups is 1. The molecule has 1 unspecified atom stereocenters. The van der Waals surface area contributed by atoms with E-state index in [-0.39, 0.29) is 11.8 Å². The molecule has 3 N–H and O–H groups in total. The minimum Gasteiger partial charge on any atom is -0.355 e. The number of carbonyl (C=O) groups excluding carboxylic acids is 1. The smallest absolute Gasteiger partial charge is 0.224 e. The molecule has 0 radical (unpaired) electrons. The Morgan fingerprint density at radius 3 is 2.81 bits per heavy atom. The first kappa shape index (κ1) is 15.9. The van der Waals surface area contributed by atoms with Gasteiger partial charge in [-0.3, -0.25) is 4.79 Å². The number of amides is 1. The summed E-state index contributed by atoms with van der Waals surface area (Å²) in [6.45, 7) is 2.94. The van der Waals surface area contributed by atoms with Crippen molar-refractivity contribution in [3.8, 4) is 0 Å². The Hall–Kier alpha value is -1.52. The van der Waals surface area contributed by atoms with Crippen LogP contribution in [0.15, 0.2) is 42.5 Å². The summed E-state index contributed by atoms with van der Waals surface area (Å²) in [6, 6.07) is 14.8. The van der Waals surface area contributed by atoms with Gasteiger partial charge >= 0.3 is 0 Å². The summed E-state index contributed by atoms with van der Waals surface area (Å²) in [5.74, 6) is 1.81. The molecule has 112 valence electrons. The zero-order valence-corrected chi connectivity index (χ0v) is 13.2. The molecular formula is C17H22N2OS. The first-order chi connectivity index (χ1) is 10.2. The topological polar surface area (TPSA) is 55.1 Å². The summed E-state index contributed by atoms with van der Waals surface area (Å²) in [5.41, 5.74) is 6.81. The number of nitrogens with two attached hydrogens (primary N) is 1. The maximum absolute atomic E-state index is 11.6. The van der Waals surface area contributed by atoms with E-state index in [9.17, 15) is 4.79 Å². The van der Waals surface area contributed by atoms with Crippen LogP contribution in [-0.4, -0.2) is 24.7 Å². The lowest BCUT2D eigenvalue weighted by Gasteiger charge is -2.10. The standard InChI is InChI=1S/C17H22N2OS/c1-13(11-18)17(20)19-9-10-21-12-15-7-4-6-14-5-2-3-8-16(14)15/h2-8,13H,9-12,18H2,1H3,(H,19,20). The molecule has 0 aromatic heterocycles. The van der Waals surface area contributed by atoms with Gasteiger partial charge in [-0.15, -0.1) is 0 Å².